The molecule has 0 radical (unpaired) electrons. The van der Waals surface area contributed by atoms with Crippen LogP contribution in [-0.4, -0.2) is 12.4 Å². The smallest absolute Gasteiger partial charge is 0.163 e. The minimum atomic E-state index is 0.265. The first-order chi connectivity index (χ1) is 7.96. The van der Waals surface area contributed by atoms with Crippen LogP contribution in [0.4, 0.5) is 0 Å². The number of aryl methyl sites for hydroxylation is 1. The summed E-state index contributed by atoms with van der Waals surface area (Å²) in [5.41, 5.74) is 2.32. The lowest BCUT2D eigenvalue weighted by atomic mass is 9.93. The quantitative estimate of drug-likeness (QED) is 0.795. The van der Waals surface area contributed by atoms with Crippen molar-refractivity contribution >= 4 is 5.78 Å². The van der Waals surface area contributed by atoms with Crippen molar-refractivity contribution in [2.24, 2.45) is 5.41 Å². The highest BCUT2D eigenvalue weighted by Gasteiger charge is 2.19. The fourth-order valence-electron chi connectivity index (χ4n) is 2.00. The fourth-order valence-corrected chi connectivity index (χ4v) is 2.00. The highest BCUT2D eigenvalue weighted by Crippen LogP contribution is 2.26. The Balaban J connectivity index is 1.97. The SMILES string of the molecule is CC(C)(C)CCOc1ccc2c(c1)CCC2=O. The highest BCUT2D eigenvalue weighted by atomic mass is 16.5. The van der Waals surface area contributed by atoms with Gasteiger partial charge >= 0.3 is 0 Å². The number of benzene rings is 1. The summed E-state index contributed by atoms with van der Waals surface area (Å²) in [4.78, 5) is 11.5. The molecule has 92 valence electrons. The Kier molecular flexibility index (Phi) is 3.23. The fraction of sp³-hybridized carbons (Fsp3) is 0.533. The molecule has 0 unspecified atom stereocenters. The summed E-state index contributed by atoms with van der Waals surface area (Å²) in [6.45, 7) is 7.35. The molecule has 2 heteroatoms. The molecule has 0 atom stereocenters. The van der Waals surface area contributed by atoms with Gasteiger partial charge in [0.1, 0.15) is 5.75 Å². The zero-order valence-electron chi connectivity index (χ0n) is 10.9. The molecule has 1 aromatic carbocycles. The molecule has 0 heterocycles. The highest BCUT2D eigenvalue weighted by molar-refractivity contribution is 6.00. The third-order valence-electron chi connectivity index (χ3n) is 3.12. The minimum absolute atomic E-state index is 0.265. The lowest BCUT2D eigenvalue weighted by Gasteiger charge is -2.18. The minimum Gasteiger partial charge on any atom is -0.494 e. The second kappa shape index (κ2) is 4.52. The van der Waals surface area contributed by atoms with Crippen molar-refractivity contribution in [1.29, 1.82) is 0 Å². The largest absolute Gasteiger partial charge is 0.494 e. The predicted molar refractivity (Wildman–Crippen MR) is 68.7 cm³/mol. The first kappa shape index (κ1) is 12.2. The number of fused-ring (bicyclic) bond motifs is 1. The topological polar surface area (TPSA) is 26.3 Å². The van der Waals surface area contributed by atoms with E-state index >= 15 is 0 Å². The van der Waals surface area contributed by atoms with Gasteiger partial charge in [-0.15, -0.1) is 0 Å². The summed E-state index contributed by atoms with van der Waals surface area (Å²) in [5, 5.41) is 0. The molecule has 1 aliphatic carbocycles. The molecule has 1 aromatic rings. The van der Waals surface area contributed by atoms with Crippen molar-refractivity contribution in [3.63, 3.8) is 0 Å². The normalized spacial score (nSPS) is 14.9. The predicted octanol–water partition coefficient (Wildman–Crippen LogP) is 3.63. The van der Waals surface area contributed by atoms with Gasteiger partial charge in [-0.1, -0.05) is 20.8 Å². The summed E-state index contributed by atoms with van der Waals surface area (Å²) >= 11 is 0. The number of carbonyl (C=O) groups excluding carboxylic acids is 1. The summed E-state index contributed by atoms with van der Waals surface area (Å²) in [7, 11) is 0. The van der Waals surface area contributed by atoms with E-state index in [1.165, 1.54) is 0 Å². The van der Waals surface area contributed by atoms with Crippen molar-refractivity contribution in [1.82, 2.24) is 0 Å². The number of carbonyl (C=O) groups is 1. The van der Waals surface area contributed by atoms with Crippen LogP contribution in [0.2, 0.25) is 0 Å². The second-order valence-corrected chi connectivity index (χ2v) is 5.90. The molecular formula is C15H20O2. The van der Waals surface area contributed by atoms with Crippen molar-refractivity contribution in [2.45, 2.75) is 40.0 Å². The van der Waals surface area contributed by atoms with Gasteiger partial charge in [0.15, 0.2) is 5.78 Å². The zero-order valence-corrected chi connectivity index (χ0v) is 10.9. The Labute approximate surface area is 103 Å². The third kappa shape index (κ3) is 3.09. The summed E-state index contributed by atoms with van der Waals surface area (Å²) in [6.07, 6.45) is 2.55. The number of rotatable bonds is 3. The Bertz CT molecular complexity index is 427. The van der Waals surface area contributed by atoms with Gasteiger partial charge in [0, 0.05) is 12.0 Å². The Morgan fingerprint density at radius 1 is 1.24 bits per heavy atom. The van der Waals surface area contributed by atoms with E-state index in [0.717, 1.165) is 36.3 Å². The first-order valence-corrected chi connectivity index (χ1v) is 6.25. The van der Waals surface area contributed by atoms with E-state index in [-0.39, 0.29) is 5.78 Å². The number of ether oxygens (including phenoxy) is 1. The van der Waals surface area contributed by atoms with E-state index in [1.54, 1.807) is 0 Å². The van der Waals surface area contributed by atoms with Gasteiger partial charge in [-0.2, -0.15) is 0 Å². The molecule has 2 rings (SSSR count). The van der Waals surface area contributed by atoms with Gasteiger partial charge < -0.3 is 4.74 Å². The average molecular weight is 232 g/mol. The van der Waals surface area contributed by atoms with Crippen LogP contribution >= 0.6 is 0 Å². The summed E-state index contributed by atoms with van der Waals surface area (Å²) in [6, 6.07) is 5.82. The lowest BCUT2D eigenvalue weighted by Crippen LogP contribution is -2.11. The lowest BCUT2D eigenvalue weighted by molar-refractivity contribution is 0.0994. The van der Waals surface area contributed by atoms with E-state index in [4.69, 9.17) is 4.74 Å². The van der Waals surface area contributed by atoms with E-state index in [2.05, 4.69) is 20.8 Å². The van der Waals surface area contributed by atoms with Crippen molar-refractivity contribution in [3.05, 3.63) is 29.3 Å². The molecule has 0 saturated carbocycles. The molecule has 0 amide bonds. The Morgan fingerprint density at radius 2 is 2.00 bits per heavy atom. The monoisotopic (exact) mass is 232 g/mol. The molecule has 0 saturated heterocycles. The number of hydrogen-bond donors (Lipinski definition) is 0. The van der Waals surface area contributed by atoms with Gasteiger partial charge in [0.2, 0.25) is 0 Å². The molecule has 0 bridgehead atoms. The van der Waals surface area contributed by atoms with Crippen LogP contribution in [0, 0.1) is 5.41 Å². The van der Waals surface area contributed by atoms with E-state index in [0.29, 0.717) is 11.8 Å². The molecule has 0 aliphatic heterocycles. The molecule has 0 N–H and O–H groups in total. The molecule has 0 aromatic heterocycles. The maximum absolute atomic E-state index is 11.5. The molecular weight excluding hydrogens is 212 g/mol. The van der Waals surface area contributed by atoms with Crippen LogP contribution in [0.15, 0.2) is 18.2 Å². The maximum atomic E-state index is 11.5. The molecule has 2 nitrogen and oxygen atoms in total. The number of ketones is 1. The van der Waals surface area contributed by atoms with Crippen molar-refractivity contribution in [3.8, 4) is 5.75 Å². The summed E-state index contributed by atoms with van der Waals surface area (Å²) < 4.78 is 5.73. The Hall–Kier alpha value is -1.31. The van der Waals surface area contributed by atoms with Gasteiger partial charge in [-0.3, -0.25) is 4.79 Å². The van der Waals surface area contributed by atoms with E-state index < -0.39 is 0 Å². The van der Waals surface area contributed by atoms with Gasteiger partial charge in [0.25, 0.3) is 0 Å². The third-order valence-corrected chi connectivity index (χ3v) is 3.12. The van der Waals surface area contributed by atoms with Crippen molar-refractivity contribution < 1.29 is 9.53 Å². The van der Waals surface area contributed by atoms with E-state index in [1.807, 2.05) is 18.2 Å². The van der Waals surface area contributed by atoms with Crippen LogP contribution < -0.4 is 4.74 Å². The Morgan fingerprint density at radius 3 is 2.71 bits per heavy atom. The molecule has 0 fully saturated rings. The van der Waals surface area contributed by atoms with Gasteiger partial charge in [0.05, 0.1) is 6.61 Å². The van der Waals surface area contributed by atoms with Gasteiger partial charge in [-0.25, -0.2) is 0 Å². The van der Waals surface area contributed by atoms with Crippen molar-refractivity contribution in [2.75, 3.05) is 6.61 Å². The first-order valence-electron chi connectivity index (χ1n) is 6.25. The zero-order chi connectivity index (χ0) is 12.5. The molecule has 1 aliphatic rings. The summed E-state index contributed by atoms with van der Waals surface area (Å²) in [5.74, 6) is 1.16. The van der Waals surface area contributed by atoms with Crippen LogP contribution in [0.3, 0.4) is 0 Å². The van der Waals surface area contributed by atoms with Crippen LogP contribution in [0.1, 0.15) is 49.5 Å². The molecule has 0 spiro atoms. The van der Waals surface area contributed by atoms with Gasteiger partial charge in [-0.05, 0) is 42.0 Å². The van der Waals surface area contributed by atoms with Crippen LogP contribution in [0.25, 0.3) is 0 Å². The van der Waals surface area contributed by atoms with Crippen LogP contribution in [0.5, 0.6) is 5.75 Å². The molecule has 17 heavy (non-hydrogen) atoms. The maximum Gasteiger partial charge on any atom is 0.163 e. The average Bonchev–Trinajstić information content (AvgIpc) is 2.58. The van der Waals surface area contributed by atoms with E-state index in [9.17, 15) is 4.79 Å². The number of Topliss-reactive ketones (excluding diaryl/α,β-unsaturated/α-hetero) is 1. The second-order valence-electron chi connectivity index (χ2n) is 5.90. The number of hydrogen-bond acceptors (Lipinski definition) is 2. The van der Waals surface area contributed by atoms with Crippen LogP contribution in [-0.2, 0) is 6.42 Å². The standard InChI is InChI=1S/C15H20O2/c1-15(2,3)8-9-17-12-5-6-13-11(10-12)4-7-14(13)16/h5-6,10H,4,7-9H2,1-3H3.